The molecule has 0 saturated carbocycles. The third kappa shape index (κ3) is 2.91. The fourth-order valence-electron chi connectivity index (χ4n) is 1.43. The number of carbonyl (C=O) groups is 1. The Balaban J connectivity index is 2.22. The molecule has 0 aromatic carbocycles. The van der Waals surface area contributed by atoms with Gasteiger partial charge in [-0.05, 0) is 12.8 Å². The number of hydrogen-bond acceptors (Lipinski definition) is 3. The number of unbranched alkanes of at least 4 members (excludes halogenated alkanes) is 1. The van der Waals surface area contributed by atoms with Gasteiger partial charge in [0.1, 0.15) is 0 Å². The summed E-state index contributed by atoms with van der Waals surface area (Å²) in [5.74, 6) is -0.00581. The van der Waals surface area contributed by atoms with Gasteiger partial charge in [0.15, 0.2) is 0 Å². The normalized spacial score (nSPS) is 20.6. The van der Waals surface area contributed by atoms with Crippen molar-refractivity contribution >= 4 is 6.09 Å². The van der Waals surface area contributed by atoms with Crippen molar-refractivity contribution in [1.29, 1.82) is 5.26 Å². The molecule has 14 heavy (non-hydrogen) atoms. The average molecular weight is 196 g/mol. The Hall–Kier alpha value is -1.24. The summed E-state index contributed by atoms with van der Waals surface area (Å²) in [6.07, 6.45) is 2.44. The van der Waals surface area contributed by atoms with Crippen LogP contribution in [0.5, 0.6) is 0 Å². The molecule has 0 aromatic rings. The van der Waals surface area contributed by atoms with E-state index in [1.165, 1.54) is 0 Å². The number of hydrogen-bond donors (Lipinski definition) is 0. The lowest BCUT2D eigenvalue weighted by molar-refractivity contribution is 0.108. The Bertz CT molecular complexity index is 235. The van der Waals surface area contributed by atoms with E-state index in [0.717, 1.165) is 19.3 Å². The van der Waals surface area contributed by atoms with Gasteiger partial charge in [0.25, 0.3) is 0 Å². The minimum Gasteiger partial charge on any atom is -0.449 e. The van der Waals surface area contributed by atoms with Gasteiger partial charge in [-0.15, -0.1) is 0 Å². The van der Waals surface area contributed by atoms with Crippen molar-refractivity contribution < 1.29 is 9.53 Å². The van der Waals surface area contributed by atoms with Gasteiger partial charge in [-0.3, -0.25) is 0 Å². The first-order chi connectivity index (χ1) is 6.77. The fourth-order valence-corrected chi connectivity index (χ4v) is 1.43. The van der Waals surface area contributed by atoms with Crippen LogP contribution in [-0.2, 0) is 4.74 Å². The number of nitrogens with zero attached hydrogens (tertiary/aromatic N) is 2. The molecule has 1 aliphatic heterocycles. The quantitative estimate of drug-likeness (QED) is 0.646. The highest BCUT2D eigenvalue weighted by Crippen LogP contribution is 2.15. The maximum absolute atomic E-state index is 11.4. The van der Waals surface area contributed by atoms with Crippen LogP contribution in [-0.4, -0.2) is 30.7 Å². The van der Waals surface area contributed by atoms with E-state index < -0.39 is 0 Å². The first kappa shape index (κ1) is 10.8. The molecular formula is C10H16N2O2. The molecule has 0 N–H and O–H groups in total. The van der Waals surface area contributed by atoms with Crippen LogP contribution in [0.4, 0.5) is 4.79 Å². The van der Waals surface area contributed by atoms with Gasteiger partial charge in [0.2, 0.25) is 0 Å². The zero-order valence-corrected chi connectivity index (χ0v) is 8.53. The molecule has 1 amide bonds. The highest BCUT2D eigenvalue weighted by molar-refractivity contribution is 5.68. The SMILES string of the molecule is CCCCOC(=O)N1CC[C@H](C#N)C1. The highest BCUT2D eigenvalue weighted by Gasteiger charge is 2.26. The third-order valence-corrected chi connectivity index (χ3v) is 2.35. The van der Waals surface area contributed by atoms with Crippen LogP contribution in [0.2, 0.25) is 0 Å². The van der Waals surface area contributed by atoms with Crippen molar-refractivity contribution in [2.24, 2.45) is 5.92 Å². The van der Waals surface area contributed by atoms with E-state index in [-0.39, 0.29) is 12.0 Å². The lowest BCUT2D eigenvalue weighted by Crippen LogP contribution is -2.29. The summed E-state index contributed by atoms with van der Waals surface area (Å²) in [5.41, 5.74) is 0. The lowest BCUT2D eigenvalue weighted by Gasteiger charge is -2.14. The first-order valence-corrected chi connectivity index (χ1v) is 5.09. The average Bonchev–Trinajstić information content (AvgIpc) is 2.66. The third-order valence-electron chi connectivity index (χ3n) is 2.35. The molecule has 1 saturated heterocycles. The van der Waals surface area contributed by atoms with Crippen LogP contribution in [0.15, 0.2) is 0 Å². The molecule has 0 aromatic heterocycles. The molecule has 4 nitrogen and oxygen atoms in total. The number of amides is 1. The molecule has 1 atom stereocenters. The van der Waals surface area contributed by atoms with Gasteiger partial charge in [-0.25, -0.2) is 4.79 Å². The number of ether oxygens (including phenoxy) is 1. The number of likely N-dealkylation sites (tertiary alicyclic amines) is 1. The summed E-state index contributed by atoms with van der Waals surface area (Å²) in [6, 6.07) is 2.17. The topological polar surface area (TPSA) is 53.3 Å². The van der Waals surface area contributed by atoms with Crippen LogP contribution in [0.3, 0.4) is 0 Å². The summed E-state index contributed by atoms with van der Waals surface area (Å²) in [5, 5.41) is 8.65. The van der Waals surface area contributed by atoms with Crippen molar-refractivity contribution in [1.82, 2.24) is 4.90 Å². The second-order valence-corrected chi connectivity index (χ2v) is 3.53. The van der Waals surface area contributed by atoms with Gasteiger partial charge >= 0.3 is 6.09 Å². The second kappa shape index (κ2) is 5.48. The molecule has 4 heteroatoms. The molecule has 1 aliphatic rings. The maximum Gasteiger partial charge on any atom is 0.409 e. The maximum atomic E-state index is 11.4. The van der Waals surface area contributed by atoms with Crippen LogP contribution < -0.4 is 0 Å². The van der Waals surface area contributed by atoms with E-state index in [1.54, 1.807) is 4.90 Å². The summed E-state index contributed by atoms with van der Waals surface area (Å²) < 4.78 is 5.04. The van der Waals surface area contributed by atoms with Crippen molar-refractivity contribution in [2.75, 3.05) is 19.7 Å². The van der Waals surface area contributed by atoms with Gasteiger partial charge in [0, 0.05) is 13.1 Å². The van der Waals surface area contributed by atoms with Crippen LogP contribution >= 0.6 is 0 Å². The van der Waals surface area contributed by atoms with E-state index in [1.807, 2.05) is 0 Å². The number of carbonyl (C=O) groups excluding carboxylic acids is 1. The second-order valence-electron chi connectivity index (χ2n) is 3.53. The van der Waals surface area contributed by atoms with E-state index >= 15 is 0 Å². The standard InChI is InChI=1S/C10H16N2O2/c1-2-3-6-14-10(13)12-5-4-9(7-11)8-12/h9H,2-6,8H2,1H3/t9-/m1/s1. The summed E-state index contributed by atoms with van der Waals surface area (Å²) in [6.45, 7) is 3.73. The molecule has 0 radical (unpaired) electrons. The fraction of sp³-hybridized carbons (Fsp3) is 0.800. The van der Waals surface area contributed by atoms with Gasteiger partial charge in [-0.2, -0.15) is 5.26 Å². The number of nitriles is 1. The Morgan fingerprint density at radius 2 is 2.50 bits per heavy atom. The highest BCUT2D eigenvalue weighted by atomic mass is 16.6. The Labute approximate surface area is 84.4 Å². The zero-order chi connectivity index (χ0) is 10.4. The van der Waals surface area contributed by atoms with Crippen molar-refractivity contribution in [3.63, 3.8) is 0 Å². The Kier molecular flexibility index (Phi) is 4.24. The van der Waals surface area contributed by atoms with Crippen LogP contribution in [0.1, 0.15) is 26.2 Å². The molecule has 1 heterocycles. The molecule has 1 rings (SSSR count). The Morgan fingerprint density at radius 3 is 3.07 bits per heavy atom. The first-order valence-electron chi connectivity index (χ1n) is 5.09. The molecule has 0 spiro atoms. The number of rotatable bonds is 3. The van der Waals surface area contributed by atoms with Crippen LogP contribution in [0, 0.1) is 17.2 Å². The Morgan fingerprint density at radius 1 is 1.71 bits per heavy atom. The molecule has 0 bridgehead atoms. The monoisotopic (exact) mass is 196 g/mol. The zero-order valence-electron chi connectivity index (χ0n) is 8.53. The molecule has 0 aliphatic carbocycles. The van der Waals surface area contributed by atoms with Gasteiger partial charge in [-0.1, -0.05) is 13.3 Å². The predicted molar refractivity (Wildman–Crippen MR) is 51.5 cm³/mol. The summed E-state index contributed by atoms with van der Waals surface area (Å²) >= 11 is 0. The molecule has 0 unspecified atom stereocenters. The summed E-state index contributed by atoms with van der Waals surface area (Å²) in [4.78, 5) is 13.0. The van der Waals surface area contributed by atoms with Crippen molar-refractivity contribution in [2.45, 2.75) is 26.2 Å². The molecule has 1 fully saturated rings. The van der Waals surface area contributed by atoms with E-state index in [0.29, 0.717) is 19.7 Å². The minimum absolute atomic E-state index is 0.00581. The van der Waals surface area contributed by atoms with E-state index in [2.05, 4.69) is 13.0 Å². The van der Waals surface area contributed by atoms with Crippen molar-refractivity contribution in [3.05, 3.63) is 0 Å². The van der Waals surface area contributed by atoms with Gasteiger partial charge in [0.05, 0.1) is 18.6 Å². The summed E-state index contributed by atoms with van der Waals surface area (Å²) in [7, 11) is 0. The largest absolute Gasteiger partial charge is 0.449 e. The molecule has 78 valence electrons. The van der Waals surface area contributed by atoms with Gasteiger partial charge < -0.3 is 9.64 Å². The van der Waals surface area contributed by atoms with E-state index in [9.17, 15) is 4.79 Å². The minimum atomic E-state index is -0.267. The predicted octanol–water partition coefficient (Wildman–Crippen LogP) is 1.77. The van der Waals surface area contributed by atoms with Crippen molar-refractivity contribution in [3.8, 4) is 6.07 Å². The molecular weight excluding hydrogens is 180 g/mol. The lowest BCUT2D eigenvalue weighted by atomic mass is 10.1. The smallest absolute Gasteiger partial charge is 0.409 e. The van der Waals surface area contributed by atoms with E-state index in [4.69, 9.17) is 10.00 Å². The van der Waals surface area contributed by atoms with Crippen LogP contribution in [0.25, 0.3) is 0 Å².